The number of anilines is 1. The fourth-order valence-electron chi connectivity index (χ4n) is 2.68. The smallest absolute Gasteiger partial charge is 0.179 e. The highest BCUT2D eigenvalue weighted by Gasteiger charge is 2.32. The molecular formula is C18H17FN2O. The van der Waals surface area contributed by atoms with E-state index in [1.165, 1.54) is 12.1 Å². The summed E-state index contributed by atoms with van der Waals surface area (Å²) in [5, 5.41) is 6.17. The van der Waals surface area contributed by atoms with Gasteiger partial charge in [0.25, 0.3) is 0 Å². The lowest BCUT2D eigenvalue weighted by atomic mass is 9.92. The van der Waals surface area contributed by atoms with Gasteiger partial charge in [0.15, 0.2) is 5.78 Å². The minimum absolute atomic E-state index is 0.0350. The number of hydrogen-bond acceptors (Lipinski definition) is 3. The van der Waals surface area contributed by atoms with Gasteiger partial charge in [0, 0.05) is 6.42 Å². The summed E-state index contributed by atoms with van der Waals surface area (Å²) in [4.78, 5) is 12.2. The van der Waals surface area contributed by atoms with Crippen LogP contribution in [-0.4, -0.2) is 18.0 Å². The van der Waals surface area contributed by atoms with Crippen LogP contribution >= 0.6 is 0 Å². The number of rotatable bonds is 4. The molecule has 0 saturated carbocycles. The number of carbonyl (C=O) groups excluding carboxylic acids is 1. The maximum absolute atomic E-state index is 13.4. The Morgan fingerprint density at radius 2 is 2.00 bits per heavy atom. The second-order valence-corrected chi connectivity index (χ2v) is 5.29. The Labute approximate surface area is 129 Å². The van der Waals surface area contributed by atoms with Crippen LogP contribution in [0.4, 0.5) is 10.1 Å². The van der Waals surface area contributed by atoms with E-state index < -0.39 is 0 Å². The minimum atomic E-state index is -0.306. The van der Waals surface area contributed by atoms with Crippen molar-refractivity contribution in [1.82, 2.24) is 0 Å². The van der Waals surface area contributed by atoms with E-state index in [4.69, 9.17) is 0 Å². The molecule has 0 bridgehead atoms. The third-order valence-electron chi connectivity index (χ3n) is 3.83. The fraction of sp³-hybridized carbons (Fsp3) is 0.222. The maximum atomic E-state index is 13.4. The number of ketones is 1. The average Bonchev–Trinajstić information content (AvgIpc) is 3.00. The zero-order chi connectivity index (χ0) is 15.5. The molecule has 3 nitrogen and oxygen atoms in total. The summed E-state index contributed by atoms with van der Waals surface area (Å²) in [5.74, 6) is -0.344. The number of benzene rings is 2. The van der Waals surface area contributed by atoms with Crippen molar-refractivity contribution >= 4 is 17.2 Å². The van der Waals surface area contributed by atoms with Gasteiger partial charge in [-0.3, -0.25) is 9.80 Å². The van der Waals surface area contributed by atoms with E-state index >= 15 is 0 Å². The van der Waals surface area contributed by atoms with Crippen molar-refractivity contribution in [3.63, 3.8) is 0 Å². The summed E-state index contributed by atoms with van der Waals surface area (Å²) in [6.07, 6.45) is 0.416. The number of carbonyl (C=O) groups is 1. The monoisotopic (exact) mass is 296 g/mol. The van der Waals surface area contributed by atoms with E-state index in [0.717, 1.165) is 5.56 Å². The van der Waals surface area contributed by atoms with Gasteiger partial charge in [-0.25, -0.2) is 4.39 Å². The van der Waals surface area contributed by atoms with Gasteiger partial charge < -0.3 is 0 Å². The topological polar surface area (TPSA) is 32.7 Å². The first-order valence-corrected chi connectivity index (χ1v) is 7.38. The Hall–Kier alpha value is -2.49. The van der Waals surface area contributed by atoms with Crippen LogP contribution in [0, 0.1) is 5.82 Å². The summed E-state index contributed by atoms with van der Waals surface area (Å²) in [7, 11) is 0. The second kappa shape index (κ2) is 6.10. The summed E-state index contributed by atoms with van der Waals surface area (Å²) in [5.41, 5.74) is 2.28. The highest BCUT2D eigenvalue weighted by atomic mass is 19.1. The SMILES string of the molecule is CCC(=O)C1=NN(c2cccc(F)c2)CC1c1ccccc1. The molecule has 3 rings (SSSR count). The Balaban J connectivity index is 1.96. The van der Waals surface area contributed by atoms with Crippen LogP contribution in [-0.2, 0) is 4.79 Å². The fourth-order valence-corrected chi connectivity index (χ4v) is 2.68. The molecule has 4 heteroatoms. The predicted octanol–water partition coefficient (Wildman–Crippen LogP) is 3.76. The lowest BCUT2D eigenvalue weighted by Crippen LogP contribution is -2.21. The van der Waals surface area contributed by atoms with Crippen molar-refractivity contribution in [1.29, 1.82) is 0 Å². The van der Waals surface area contributed by atoms with Crippen LogP contribution in [0.15, 0.2) is 59.7 Å². The van der Waals surface area contributed by atoms with Crippen molar-refractivity contribution in [2.75, 3.05) is 11.6 Å². The predicted molar refractivity (Wildman–Crippen MR) is 85.7 cm³/mol. The lowest BCUT2D eigenvalue weighted by Gasteiger charge is -2.16. The Morgan fingerprint density at radius 3 is 2.68 bits per heavy atom. The molecule has 22 heavy (non-hydrogen) atoms. The van der Waals surface area contributed by atoms with Gasteiger partial charge in [-0.2, -0.15) is 5.10 Å². The molecule has 0 fully saturated rings. The van der Waals surface area contributed by atoms with Crippen LogP contribution in [0.1, 0.15) is 24.8 Å². The molecule has 2 aromatic carbocycles. The number of halogens is 1. The van der Waals surface area contributed by atoms with Gasteiger partial charge in [0.05, 0.1) is 18.2 Å². The molecule has 0 amide bonds. The minimum Gasteiger partial charge on any atom is -0.293 e. The third-order valence-corrected chi connectivity index (χ3v) is 3.83. The molecule has 0 spiro atoms. The molecule has 0 aliphatic carbocycles. The largest absolute Gasteiger partial charge is 0.293 e. The first-order valence-electron chi connectivity index (χ1n) is 7.38. The first kappa shape index (κ1) is 14.4. The van der Waals surface area contributed by atoms with Crippen LogP contribution in [0.5, 0.6) is 0 Å². The van der Waals surface area contributed by atoms with Gasteiger partial charge >= 0.3 is 0 Å². The second-order valence-electron chi connectivity index (χ2n) is 5.29. The molecule has 0 radical (unpaired) electrons. The Morgan fingerprint density at radius 1 is 1.23 bits per heavy atom. The normalized spacial score (nSPS) is 17.5. The summed E-state index contributed by atoms with van der Waals surface area (Å²) in [6, 6.07) is 16.1. The van der Waals surface area contributed by atoms with Crippen molar-refractivity contribution in [3.8, 4) is 0 Å². The zero-order valence-corrected chi connectivity index (χ0v) is 12.4. The number of hydrogen-bond donors (Lipinski definition) is 0. The zero-order valence-electron chi connectivity index (χ0n) is 12.4. The van der Waals surface area contributed by atoms with E-state index in [1.807, 2.05) is 37.3 Å². The molecular weight excluding hydrogens is 279 g/mol. The maximum Gasteiger partial charge on any atom is 0.179 e. The molecule has 0 N–H and O–H groups in total. The molecule has 2 aromatic rings. The van der Waals surface area contributed by atoms with Gasteiger partial charge in [-0.1, -0.05) is 43.3 Å². The molecule has 1 atom stereocenters. The van der Waals surface area contributed by atoms with Gasteiger partial charge in [0.1, 0.15) is 11.5 Å². The third kappa shape index (κ3) is 2.77. The summed E-state index contributed by atoms with van der Waals surface area (Å²) < 4.78 is 13.4. The Bertz CT molecular complexity index is 712. The van der Waals surface area contributed by atoms with E-state index in [1.54, 1.807) is 17.1 Å². The van der Waals surface area contributed by atoms with Crippen LogP contribution in [0.3, 0.4) is 0 Å². The number of hydrazone groups is 1. The van der Waals surface area contributed by atoms with Crippen molar-refractivity contribution in [2.45, 2.75) is 19.3 Å². The van der Waals surface area contributed by atoms with Gasteiger partial charge in [-0.05, 0) is 23.8 Å². The van der Waals surface area contributed by atoms with E-state index in [9.17, 15) is 9.18 Å². The molecule has 1 unspecified atom stereocenters. The van der Waals surface area contributed by atoms with Crippen molar-refractivity contribution in [2.24, 2.45) is 5.10 Å². The van der Waals surface area contributed by atoms with Gasteiger partial charge in [-0.15, -0.1) is 0 Å². The van der Waals surface area contributed by atoms with E-state index in [2.05, 4.69) is 5.10 Å². The molecule has 112 valence electrons. The lowest BCUT2D eigenvalue weighted by molar-refractivity contribution is -0.112. The van der Waals surface area contributed by atoms with Gasteiger partial charge in [0.2, 0.25) is 0 Å². The van der Waals surface area contributed by atoms with E-state index in [-0.39, 0.29) is 17.5 Å². The number of Topliss-reactive ketones (excluding diaryl/α,β-unsaturated/α-hetero) is 1. The van der Waals surface area contributed by atoms with Crippen molar-refractivity contribution < 1.29 is 9.18 Å². The first-order chi connectivity index (χ1) is 10.7. The van der Waals surface area contributed by atoms with Crippen LogP contribution < -0.4 is 5.01 Å². The van der Waals surface area contributed by atoms with Crippen molar-refractivity contribution in [3.05, 3.63) is 66.0 Å². The molecule has 1 aliphatic rings. The van der Waals surface area contributed by atoms with E-state index in [0.29, 0.717) is 24.4 Å². The van der Waals surface area contributed by atoms with Crippen LogP contribution in [0.25, 0.3) is 0 Å². The van der Waals surface area contributed by atoms with Crippen LogP contribution in [0.2, 0.25) is 0 Å². The number of nitrogens with zero attached hydrogens (tertiary/aromatic N) is 2. The molecule has 0 saturated heterocycles. The Kier molecular flexibility index (Phi) is 4.00. The highest BCUT2D eigenvalue weighted by molar-refractivity contribution is 6.42. The standard InChI is InChI=1S/C18H17FN2O/c1-2-17(22)18-16(13-7-4-3-5-8-13)12-21(20-18)15-10-6-9-14(19)11-15/h3-11,16H,2,12H2,1H3. The summed E-state index contributed by atoms with van der Waals surface area (Å²) >= 11 is 0. The molecule has 0 aromatic heterocycles. The molecule has 1 heterocycles. The molecule has 1 aliphatic heterocycles. The highest BCUT2D eigenvalue weighted by Crippen LogP contribution is 2.30. The average molecular weight is 296 g/mol. The quantitative estimate of drug-likeness (QED) is 0.860. The summed E-state index contributed by atoms with van der Waals surface area (Å²) in [6.45, 7) is 2.38.